The van der Waals surface area contributed by atoms with Crippen LogP contribution in [0.1, 0.15) is 18.1 Å². The summed E-state index contributed by atoms with van der Waals surface area (Å²) < 4.78 is 11.0. The summed E-state index contributed by atoms with van der Waals surface area (Å²) in [6.07, 6.45) is -0.616. The largest absolute Gasteiger partial charge is 0.494 e. The third-order valence-electron chi connectivity index (χ3n) is 3.20. The average molecular weight is 300 g/mol. The standard InChI is InChI=1S/C18H20O4/c1-3-21-15-9-7-14(8-10-15)12-17(18(19)20)22-16-6-4-5-13(2)11-16/h4-11,17H,3,12H2,1-2H3,(H,19,20)/t17-/m0/s1. The molecule has 0 aliphatic rings. The molecule has 0 saturated heterocycles. The van der Waals surface area contributed by atoms with Crippen molar-refractivity contribution in [1.82, 2.24) is 0 Å². The third-order valence-corrected chi connectivity index (χ3v) is 3.20. The Bertz CT molecular complexity index is 619. The first-order valence-corrected chi connectivity index (χ1v) is 7.26. The number of hydrogen-bond donors (Lipinski definition) is 1. The summed E-state index contributed by atoms with van der Waals surface area (Å²) in [5, 5.41) is 9.35. The van der Waals surface area contributed by atoms with E-state index in [4.69, 9.17) is 9.47 Å². The molecule has 0 amide bonds. The van der Waals surface area contributed by atoms with Crippen molar-refractivity contribution in [3.8, 4) is 11.5 Å². The van der Waals surface area contributed by atoms with Crippen molar-refractivity contribution in [2.45, 2.75) is 26.4 Å². The Hall–Kier alpha value is -2.49. The minimum absolute atomic E-state index is 0.301. The Morgan fingerprint density at radius 2 is 1.86 bits per heavy atom. The molecule has 4 nitrogen and oxygen atoms in total. The predicted octanol–water partition coefficient (Wildman–Crippen LogP) is 3.47. The quantitative estimate of drug-likeness (QED) is 0.850. The first-order valence-electron chi connectivity index (χ1n) is 7.26. The molecule has 2 rings (SSSR count). The van der Waals surface area contributed by atoms with Gasteiger partial charge in [0, 0.05) is 6.42 Å². The Morgan fingerprint density at radius 1 is 1.14 bits per heavy atom. The van der Waals surface area contributed by atoms with E-state index in [1.807, 2.05) is 56.3 Å². The molecule has 2 aromatic rings. The van der Waals surface area contributed by atoms with E-state index in [2.05, 4.69) is 0 Å². The van der Waals surface area contributed by atoms with Crippen LogP contribution in [-0.4, -0.2) is 23.8 Å². The lowest BCUT2D eigenvalue weighted by atomic mass is 10.1. The van der Waals surface area contributed by atoms with Crippen LogP contribution in [0.3, 0.4) is 0 Å². The van der Waals surface area contributed by atoms with Gasteiger partial charge in [-0.1, -0.05) is 24.3 Å². The number of carbonyl (C=O) groups is 1. The van der Waals surface area contributed by atoms with Crippen molar-refractivity contribution in [1.29, 1.82) is 0 Å². The first-order chi connectivity index (χ1) is 10.6. The van der Waals surface area contributed by atoms with E-state index < -0.39 is 12.1 Å². The first kappa shape index (κ1) is 15.9. The highest BCUT2D eigenvalue weighted by atomic mass is 16.5. The molecule has 116 valence electrons. The van der Waals surface area contributed by atoms with E-state index in [1.54, 1.807) is 6.07 Å². The number of carboxylic acids is 1. The molecule has 4 heteroatoms. The summed E-state index contributed by atoms with van der Waals surface area (Å²) in [5.74, 6) is 0.367. The number of rotatable bonds is 7. The SMILES string of the molecule is CCOc1ccc(C[C@H](Oc2cccc(C)c2)C(=O)O)cc1. The highest BCUT2D eigenvalue weighted by Crippen LogP contribution is 2.18. The summed E-state index contributed by atoms with van der Waals surface area (Å²) in [4.78, 5) is 11.4. The highest BCUT2D eigenvalue weighted by molar-refractivity contribution is 5.73. The van der Waals surface area contributed by atoms with Gasteiger partial charge in [-0.2, -0.15) is 0 Å². The lowest BCUT2D eigenvalue weighted by Gasteiger charge is -2.16. The Kier molecular flexibility index (Phi) is 5.42. The van der Waals surface area contributed by atoms with Gasteiger partial charge in [-0.05, 0) is 49.2 Å². The Balaban J connectivity index is 2.07. The lowest BCUT2D eigenvalue weighted by molar-refractivity contribution is -0.145. The molecule has 0 saturated carbocycles. The third kappa shape index (κ3) is 4.52. The zero-order valence-corrected chi connectivity index (χ0v) is 12.8. The monoisotopic (exact) mass is 300 g/mol. The van der Waals surface area contributed by atoms with Crippen molar-refractivity contribution in [2.75, 3.05) is 6.61 Å². The van der Waals surface area contributed by atoms with E-state index >= 15 is 0 Å². The zero-order chi connectivity index (χ0) is 15.9. The zero-order valence-electron chi connectivity index (χ0n) is 12.8. The van der Waals surface area contributed by atoms with Crippen LogP contribution in [0.4, 0.5) is 0 Å². The topological polar surface area (TPSA) is 55.8 Å². The van der Waals surface area contributed by atoms with Gasteiger partial charge in [-0.25, -0.2) is 4.79 Å². The van der Waals surface area contributed by atoms with Gasteiger partial charge in [-0.3, -0.25) is 0 Å². The maximum atomic E-state index is 11.4. The number of aliphatic carboxylic acids is 1. The molecule has 0 unspecified atom stereocenters. The molecule has 0 fully saturated rings. The van der Waals surface area contributed by atoms with Crippen molar-refractivity contribution < 1.29 is 19.4 Å². The molecule has 0 spiro atoms. The lowest BCUT2D eigenvalue weighted by Crippen LogP contribution is -2.29. The van der Waals surface area contributed by atoms with Crippen LogP contribution >= 0.6 is 0 Å². The van der Waals surface area contributed by atoms with Crippen molar-refractivity contribution in [3.63, 3.8) is 0 Å². The smallest absolute Gasteiger partial charge is 0.345 e. The van der Waals surface area contributed by atoms with Crippen LogP contribution in [0.25, 0.3) is 0 Å². The number of hydrogen-bond acceptors (Lipinski definition) is 3. The molecule has 0 aliphatic carbocycles. The molecule has 1 atom stereocenters. The number of ether oxygens (including phenoxy) is 2. The molecule has 1 N–H and O–H groups in total. The van der Waals surface area contributed by atoms with Gasteiger partial charge in [0.05, 0.1) is 6.61 Å². The van der Waals surface area contributed by atoms with Crippen LogP contribution in [0, 0.1) is 6.92 Å². The predicted molar refractivity (Wildman–Crippen MR) is 84.5 cm³/mol. The fraction of sp³-hybridized carbons (Fsp3) is 0.278. The molecular weight excluding hydrogens is 280 g/mol. The molecule has 22 heavy (non-hydrogen) atoms. The Labute approximate surface area is 130 Å². The number of aryl methyl sites for hydroxylation is 1. The van der Waals surface area contributed by atoms with Gasteiger partial charge < -0.3 is 14.6 Å². The number of benzene rings is 2. The molecule has 0 radical (unpaired) electrons. The van der Waals surface area contributed by atoms with E-state index in [0.717, 1.165) is 16.9 Å². The second kappa shape index (κ2) is 7.50. The van der Waals surface area contributed by atoms with Gasteiger partial charge in [0.25, 0.3) is 0 Å². The highest BCUT2D eigenvalue weighted by Gasteiger charge is 2.20. The van der Waals surface area contributed by atoms with Gasteiger partial charge in [0.15, 0.2) is 6.10 Å². The van der Waals surface area contributed by atoms with E-state index in [-0.39, 0.29) is 0 Å². The molecule has 2 aromatic carbocycles. The second-order valence-corrected chi connectivity index (χ2v) is 5.04. The summed E-state index contributed by atoms with van der Waals surface area (Å²) in [6, 6.07) is 14.8. The fourth-order valence-electron chi connectivity index (χ4n) is 2.13. The van der Waals surface area contributed by atoms with E-state index in [1.165, 1.54) is 0 Å². The van der Waals surface area contributed by atoms with Gasteiger partial charge in [0.1, 0.15) is 11.5 Å². The Morgan fingerprint density at radius 3 is 2.45 bits per heavy atom. The molecule has 0 heterocycles. The summed E-state index contributed by atoms with van der Waals surface area (Å²) in [6.45, 7) is 4.46. The molecule has 0 aromatic heterocycles. The summed E-state index contributed by atoms with van der Waals surface area (Å²) in [7, 11) is 0. The van der Waals surface area contributed by atoms with Crippen LogP contribution in [0.5, 0.6) is 11.5 Å². The maximum Gasteiger partial charge on any atom is 0.345 e. The van der Waals surface area contributed by atoms with E-state index in [9.17, 15) is 9.90 Å². The van der Waals surface area contributed by atoms with Crippen molar-refractivity contribution in [2.24, 2.45) is 0 Å². The summed E-state index contributed by atoms with van der Waals surface area (Å²) in [5.41, 5.74) is 1.92. The van der Waals surface area contributed by atoms with Crippen molar-refractivity contribution in [3.05, 3.63) is 59.7 Å². The van der Waals surface area contributed by atoms with Crippen LogP contribution < -0.4 is 9.47 Å². The second-order valence-electron chi connectivity index (χ2n) is 5.04. The van der Waals surface area contributed by atoms with Gasteiger partial charge >= 0.3 is 5.97 Å². The summed E-state index contributed by atoms with van der Waals surface area (Å²) >= 11 is 0. The maximum absolute atomic E-state index is 11.4. The van der Waals surface area contributed by atoms with E-state index in [0.29, 0.717) is 18.8 Å². The average Bonchev–Trinajstić information content (AvgIpc) is 2.49. The van der Waals surface area contributed by atoms with Gasteiger partial charge in [-0.15, -0.1) is 0 Å². The molecule has 0 aliphatic heterocycles. The molecule has 0 bridgehead atoms. The molecular formula is C18H20O4. The van der Waals surface area contributed by atoms with Crippen LogP contribution in [-0.2, 0) is 11.2 Å². The van der Waals surface area contributed by atoms with Crippen LogP contribution in [0.2, 0.25) is 0 Å². The fourth-order valence-corrected chi connectivity index (χ4v) is 2.13. The van der Waals surface area contributed by atoms with Crippen LogP contribution in [0.15, 0.2) is 48.5 Å². The minimum Gasteiger partial charge on any atom is -0.494 e. The normalized spacial score (nSPS) is 11.7. The van der Waals surface area contributed by atoms with Gasteiger partial charge in [0.2, 0.25) is 0 Å². The number of carboxylic acid groups (broad SMARTS) is 1. The minimum atomic E-state index is -0.976. The van der Waals surface area contributed by atoms with Crippen molar-refractivity contribution >= 4 is 5.97 Å².